The molecule has 1 fully saturated rings. The average molecular weight is 250 g/mol. The minimum absolute atomic E-state index is 0.0537. The maximum Gasteiger partial charge on any atom is 0.331 e. The Balaban J connectivity index is 2.27. The third-order valence-electron chi connectivity index (χ3n) is 4.45. The molecule has 0 spiro atoms. The van der Waals surface area contributed by atoms with Crippen molar-refractivity contribution < 1.29 is 14.3 Å². The predicted molar refractivity (Wildman–Crippen MR) is 68.9 cm³/mol. The Bertz CT molecular complexity index is 395. The van der Waals surface area contributed by atoms with E-state index in [1.54, 1.807) is 13.0 Å². The zero-order valence-corrected chi connectivity index (χ0v) is 11.6. The highest BCUT2D eigenvalue weighted by Gasteiger charge is 2.46. The fraction of sp³-hybridized carbons (Fsp3) is 0.733. The lowest BCUT2D eigenvalue weighted by Crippen LogP contribution is -2.34. The molecule has 2 rings (SSSR count). The molecule has 100 valence electrons. The molecular weight excluding hydrogens is 228 g/mol. The zero-order valence-electron chi connectivity index (χ0n) is 11.6. The zero-order chi connectivity index (χ0) is 13.4. The van der Waals surface area contributed by atoms with E-state index in [9.17, 15) is 9.59 Å². The molecule has 0 aromatic heterocycles. The number of Topliss-reactive ketones (excluding diaryl/α,β-unsaturated/α-hetero) is 1. The van der Waals surface area contributed by atoms with Gasteiger partial charge in [-0.1, -0.05) is 20.8 Å². The topological polar surface area (TPSA) is 43.4 Å². The van der Waals surface area contributed by atoms with Crippen molar-refractivity contribution in [2.75, 3.05) is 0 Å². The fourth-order valence-corrected chi connectivity index (χ4v) is 3.45. The van der Waals surface area contributed by atoms with Crippen LogP contribution in [0.2, 0.25) is 0 Å². The summed E-state index contributed by atoms with van der Waals surface area (Å²) in [6.07, 6.45) is 3.43. The van der Waals surface area contributed by atoms with Crippen LogP contribution in [0.3, 0.4) is 0 Å². The third-order valence-corrected chi connectivity index (χ3v) is 4.45. The van der Waals surface area contributed by atoms with Gasteiger partial charge in [-0.3, -0.25) is 4.79 Å². The molecule has 0 amide bonds. The lowest BCUT2D eigenvalue weighted by atomic mass is 9.78. The van der Waals surface area contributed by atoms with Crippen molar-refractivity contribution in [3.63, 3.8) is 0 Å². The van der Waals surface area contributed by atoms with E-state index in [1.165, 1.54) is 0 Å². The molecule has 4 unspecified atom stereocenters. The van der Waals surface area contributed by atoms with E-state index in [0.717, 1.165) is 18.4 Å². The first-order valence-corrected chi connectivity index (χ1v) is 6.84. The van der Waals surface area contributed by atoms with E-state index in [4.69, 9.17) is 4.74 Å². The van der Waals surface area contributed by atoms with Crippen LogP contribution in [0, 0.1) is 23.7 Å². The van der Waals surface area contributed by atoms with Gasteiger partial charge in [0.25, 0.3) is 0 Å². The Morgan fingerprint density at radius 3 is 2.61 bits per heavy atom. The van der Waals surface area contributed by atoms with E-state index in [0.29, 0.717) is 11.8 Å². The molecule has 0 saturated heterocycles. The highest BCUT2D eigenvalue weighted by molar-refractivity contribution is 5.86. The highest BCUT2D eigenvalue weighted by atomic mass is 16.5. The summed E-state index contributed by atoms with van der Waals surface area (Å²) in [5, 5.41) is 0. The summed E-state index contributed by atoms with van der Waals surface area (Å²) < 4.78 is 5.49. The van der Waals surface area contributed by atoms with Gasteiger partial charge in [-0.05, 0) is 37.2 Å². The van der Waals surface area contributed by atoms with E-state index in [-0.39, 0.29) is 29.7 Å². The normalized spacial score (nSPS) is 35.8. The molecule has 4 atom stereocenters. The van der Waals surface area contributed by atoms with Gasteiger partial charge in [0.05, 0.1) is 0 Å². The summed E-state index contributed by atoms with van der Waals surface area (Å²) in [5.74, 6) is 0.944. The number of carbonyl (C=O) groups is 2. The van der Waals surface area contributed by atoms with Crippen molar-refractivity contribution >= 4 is 11.8 Å². The Labute approximate surface area is 109 Å². The summed E-state index contributed by atoms with van der Waals surface area (Å²) in [4.78, 5) is 23.3. The van der Waals surface area contributed by atoms with Gasteiger partial charge in [-0.25, -0.2) is 4.79 Å². The molecule has 0 aromatic carbocycles. The maximum absolute atomic E-state index is 11.8. The second-order valence-electron chi connectivity index (χ2n) is 6.01. The summed E-state index contributed by atoms with van der Waals surface area (Å²) in [6.45, 7) is 7.97. The predicted octanol–water partition coefficient (Wildman–Crippen LogP) is 2.75. The van der Waals surface area contributed by atoms with Gasteiger partial charge in [0.1, 0.15) is 11.9 Å². The van der Waals surface area contributed by atoms with Gasteiger partial charge in [0.2, 0.25) is 0 Å². The van der Waals surface area contributed by atoms with Crippen LogP contribution in [0.25, 0.3) is 0 Å². The summed E-state index contributed by atoms with van der Waals surface area (Å²) in [5.41, 5.74) is 1.06. The first kappa shape index (κ1) is 13.3. The Kier molecular flexibility index (Phi) is 3.60. The largest absolute Gasteiger partial charge is 0.454 e. The second-order valence-corrected chi connectivity index (χ2v) is 6.01. The SMILES string of the molecule is CC(=O)C1CCC(C)C1C1OC(=O)C=C1C(C)C. The molecule has 1 aliphatic carbocycles. The van der Waals surface area contributed by atoms with Crippen molar-refractivity contribution in [3.05, 3.63) is 11.6 Å². The number of hydrogen-bond donors (Lipinski definition) is 0. The van der Waals surface area contributed by atoms with Crippen LogP contribution in [0.15, 0.2) is 11.6 Å². The maximum atomic E-state index is 11.8. The van der Waals surface area contributed by atoms with E-state index < -0.39 is 0 Å². The van der Waals surface area contributed by atoms with E-state index in [1.807, 2.05) is 0 Å². The van der Waals surface area contributed by atoms with Gasteiger partial charge >= 0.3 is 5.97 Å². The number of ether oxygens (including phenoxy) is 1. The Morgan fingerprint density at radius 1 is 1.39 bits per heavy atom. The molecule has 0 bridgehead atoms. The van der Waals surface area contributed by atoms with Crippen LogP contribution in [0.5, 0.6) is 0 Å². The third kappa shape index (κ3) is 2.23. The number of rotatable bonds is 3. The van der Waals surface area contributed by atoms with Crippen LogP contribution in [-0.2, 0) is 14.3 Å². The molecule has 3 heteroatoms. The Hall–Kier alpha value is -1.12. The summed E-state index contributed by atoms with van der Waals surface area (Å²) in [7, 11) is 0. The first-order chi connectivity index (χ1) is 8.41. The molecule has 2 aliphatic rings. The average Bonchev–Trinajstić information content (AvgIpc) is 2.81. The Morgan fingerprint density at radius 2 is 2.06 bits per heavy atom. The van der Waals surface area contributed by atoms with Gasteiger partial charge < -0.3 is 4.74 Å². The first-order valence-electron chi connectivity index (χ1n) is 6.84. The number of carbonyl (C=O) groups excluding carboxylic acids is 2. The number of cyclic esters (lactones) is 1. The monoisotopic (exact) mass is 250 g/mol. The molecule has 0 radical (unpaired) electrons. The quantitative estimate of drug-likeness (QED) is 0.723. The number of esters is 1. The van der Waals surface area contributed by atoms with Crippen molar-refractivity contribution in [3.8, 4) is 0 Å². The summed E-state index contributed by atoms with van der Waals surface area (Å²) in [6, 6.07) is 0. The molecule has 0 N–H and O–H groups in total. The van der Waals surface area contributed by atoms with Gasteiger partial charge in [-0.15, -0.1) is 0 Å². The van der Waals surface area contributed by atoms with Crippen LogP contribution in [-0.4, -0.2) is 17.9 Å². The van der Waals surface area contributed by atoms with Crippen molar-refractivity contribution in [2.45, 2.75) is 46.6 Å². The molecule has 1 heterocycles. The van der Waals surface area contributed by atoms with Crippen LogP contribution in [0.1, 0.15) is 40.5 Å². The smallest absolute Gasteiger partial charge is 0.331 e. The number of hydrogen-bond acceptors (Lipinski definition) is 3. The second kappa shape index (κ2) is 4.87. The van der Waals surface area contributed by atoms with Gasteiger partial charge in [0, 0.05) is 17.9 Å². The van der Waals surface area contributed by atoms with Crippen LogP contribution >= 0.6 is 0 Å². The van der Waals surface area contributed by atoms with Crippen molar-refractivity contribution in [2.24, 2.45) is 23.7 Å². The molecule has 18 heavy (non-hydrogen) atoms. The van der Waals surface area contributed by atoms with E-state index >= 15 is 0 Å². The fourth-order valence-electron chi connectivity index (χ4n) is 3.45. The van der Waals surface area contributed by atoms with Crippen LogP contribution in [0.4, 0.5) is 0 Å². The van der Waals surface area contributed by atoms with Crippen molar-refractivity contribution in [1.82, 2.24) is 0 Å². The van der Waals surface area contributed by atoms with Crippen molar-refractivity contribution in [1.29, 1.82) is 0 Å². The molecule has 3 nitrogen and oxygen atoms in total. The van der Waals surface area contributed by atoms with Gasteiger partial charge in [0.15, 0.2) is 0 Å². The van der Waals surface area contributed by atoms with Gasteiger partial charge in [-0.2, -0.15) is 0 Å². The molecule has 1 saturated carbocycles. The highest BCUT2D eigenvalue weighted by Crippen LogP contribution is 2.44. The van der Waals surface area contributed by atoms with E-state index in [2.05, 4.69) is 20.8 Å². The standard InChI is InChI=1S/C15H22O3/c1-8(2)12-7-13(17)18-15(12)14-9(3)5-6-11(14)10(4)16/h7-9,11,14-15H,5-6H2,1-4H3. The summed E-state index contributed by atoms with van der Waals surface area (Å²) >= 11 is 0. The van der Waals surface area contributed by atoms with Crippen LogP contribution < -0.4 is 0 Å². The number of ketones is 1. The minimum Gasteiger partial charge on any atom is -0.454 e. The lowest BCUT2D eigenvalue weighted by molar-refractivity contribution is -0.143. The molecule has 1 aliphatic heterocycles. The lowest BCUT2D eigenvalue weighted by Gasteiger charge is -2.29. The minimum atomic E-state index is -0.245. The molecule has 0 aromatic rings. The molecular formula is C15H22O3.